The molecule has 0 saturated heterocycles. The zero-order valence-electron chi connectivity index (χ0n) is 10.1. The van der Waals surface area contributed by atoms with E-state index in [1.165, 1.54) is 6.07 Å². The standard InChI is InChI=1S/C14H10BrFN2O/c1-19-14-4-2-3-13-17-12(8-18(13)14)10-6-5-9(15)7-11(10)16/h2-8H,1H3. The van der Waals surface area contributed by atoms with Gasteiger partial charge in [-0.15, -0.1) is 0 Å². The minimum atomic E-state index is -0.309. The molecule has 0 aliphatic rings. The largest absolute Gasteiger partial charge is 0.482 e. The highest BCUT2D eigenvalue weighted by molar-refractivity contribution is 9.10. The number of methoxy groups -OCH3 is 1. The van der Waals surface area contributed by atoms with Crippen molar-refractivity contribution in [2.24, 2.45) is 0 Å². The fourth-order valence-electron chi connectivity index (χ4n) is 1.98. The van der Waals surface area contributed by atoms with Crippen LogP contribution in [0.5, 0.6) is 5.88 Å². The first-order chi connectivity index (χ1) is 9.19. The molecule has 0 spiro atoms. The first kappa shape index (κ1) is 12.2. The van der Waals surface area contributed by atoms with Gasteiger partial charge in [0, 0.05) is 16.2 Å². The molecule has 1 aromatic carbocycles. The average molecular weight is 321 g/mol. The van der Waals surface area contributed by atoms with Gasteiger partial charge in [-0.25, -0.2) is 9.37 Å². The maximum atomic E-state index is 13.9. The third-order valence-corrected chi connectivity index (χ3v) is 3.36. The van der Waals surface area contributed by atoms with E-state index in [-0.39, 0.29) is 5.82 Å². The molecule has 19 heavy (non-hydrogen) atoms. The molecule has 0 bridgehead atoms. The second-order valence-corrected chi connectivity index (χ2v) is 4.96. The van der Waals surface area contributed by atoms with Crippen LogP contribution in [-0.2, 0) is 0 Å². The molecule has 0 aliphatic heterocycles. The van der Waals surface area contributed by atoms with E-state index in [0.717, 1.165) is 5.65 Å². The number of rotatable bonds is 2. The Bertz CT molecular complexity index is 754. The molecule has 0 aliphatic carbocycles. The van der Waals surface area contributed by atoms with Crippen LogP contribution in [0.2, 0.25) is 0 Å². The third-order valence-electron chi connectivity index (χ3n) is 2.87. The van der Waals surface area contributed by atoms with Crippen LogP contribution in [0.3, 0.4) is 0 Å². The molecule has 0 amide bonds. The van der Waals surface area contributed by atoms with E-state index < -0.39 is 0 Å². The van der Waals surface area contributed by atoms with Crippen molar-refractivity contribution in [3.05, 3.63) is 52.9 Å². The maximum Gasteiger partial charge on any atom is 0.198 e. The van der Waals surface area contributed by atoms with Gasteiger partial charge in [-0.05, 0) is 30.3 Å². The molecule has 0 unspecified atom stereocenters. The van der Waals surface area contributed by atoms with Gasteiger partial charge in [-0.1, -0.05) is 22.0 Å². The number of fused-ring (bicyclic) bond motifs is 1. The van der Waals surface area contributed by atoms with Gasteiger partial charge in [-0.2, -0.15) is 0 Å². The molecular weight excluding hydrogens is 311 g/mol. The molecule has 3 aromatic rings. The summed E-state index contributed by atoms with van der Waals surface area (Å²) in [4.78, 5) is 4.41. The van der Waals surface area contributed by atoms with Gasteiger partial charge in [0.1, 0.15) is 11.5 Å². The fraction of sp³-hybridized carbons (Fsp3) is 0.0714. The Hall–Kier alpha value is -1.88. The topological polar surface area (TPSA) is 26.5 Å². The summed E-state index contributed by atoms with van der Waals surface area (Å²) in [7, 11) is 1.59. The Morgan fingerprint density at radius 2 is 2.11 bits per heavy atom. The summed E-state index contributed by atoms with van der Waals surface area (Å²) in [6.45, 7) is 0. The van der Waals surface area contributed by atoms with Crippen LogP contribution in [-0.4, -0.2) is 16.5 Å². The lowest BCUT2D eigenvalue weighted by Gasteiger charge is -2.01. The number of benzene rings is 1. The summed E-state index contributed by atoms with van der Waals surface area (Å²) in [5, 5.41) is 0. The van der Waals surface area contributed by atoms with Crippen LogP contribution in [0, 0.1) is 5.82 Å². The number of imidazole rings is 1. The van der Waals surface area contributed by atoms with E-state index in [2.05, 4.69) is 20.9 Å². The number of pyridine rings is 1. The molecule has 96 valence electrons. The maximum absolute atomic E-state index is 13.9. The smallest absolute Gasteiger partial charge is 0.198 e. The Labute approximate surface area is 117 Å². The Morgan fingerprint density at radius 1 is 1.26 bits per heavy atom. The number of halogens is 2. The van der Waals surface area contributed by atoms with Gasteiger partial charge in [0.05, 0.1) is 12.8 Å². The van der Waals surface area contributed by atoms with Crippen molar-refractivity contribution >= 4 is 21.6 Å². The molecule has 0 fully saturated rings. The summed E-state index contributed by atoms with van der Waals surface area (Å²) < 4.78 is 21.7. The number of nitrogens with zero attached hydrogens (tertiary/aromatic N) is 2. The Balaban J connectivity index is 2.20. The van der Waals surface area contributed by atoms with E-state index in [1.807, 2.05) is 18.2 Å². The van der Waals surface area contributed by atoms with Crippen molar-refractivity contribution in [3.63, 3.8) is 0 Å². The van der Waals surface area contributed by atoms with Gasteiger partial charge >= 0.3 is 0 Å². The van der Waals surface area contributed by atoms with Gasteiger partial charge in [0.2, 0.25) is 0 Å². The highest BCUT2D eigenvalue weighted by Crippen LogP contribution is 2.26. The van der Waals surface area contributed by atoms with Crippen molar-refractivity contribution in [1.82, 2.24) is 9.38 Å². The molecule has 0 N–H and O–H groups in total. The Morgan fingerprint density at radius 3 is 2.84 bits per heavy atom. The third kappa shape index (κ3) is 2.10. The van der Waals surface area contributed by atoms with Crippen molar-refractivity contribution in [1.29, 1.82) is 0 Å². The molecule has 0 saturated carbocycles. The van der Waals surface area contributed by atoms with E-state index in [1.54, 1.807) is 29.8 Å². The number of ether oxygens (including phenoxy) is 1. The molecule has 0 atom stereocenters. The Kier molecular flexibility index (Phi) is 2.98. The minimum Gasteiger partial charge on any atom is -0.482 e. The highest BCUT2D eigenvalue weighted by Gasteiger charge is 2.11. The summed E-state index contributed by atoms with van der Waals surface area (Å²) >= 11 is 3.24. The average Bonchev–Trinajstić information content (AvgIpc) is 2.81. The van der Waals surface area contributed by atoms with Crippen LogP contribution in [0.1, 0.15) is 0 Å². The van der Waals surface area contributed by atoms with Crippen molar-refractivity contribution in [3.8, 4) is 17.1 Å². The van der Waals surface area contributed by atoms with Gasteiger partial charge in [0.15, 0.2) is 5.88 Å². The molecule has 5 heteroatoms. The molecule has 0 radical (unpaired) electrons. The number of aromatic nitrogens is 2. The first-order valence-electron chi connectivity index (χ1n) is 5.66. The van der Waals surface area contributed by atoms with Crippen LogP contribution < -0.4 is 4.74 Å². The van der Waals surface area contributed by atoms with E-state index >= 15 is 0 Å². The van der Waals surface area contributed by atoms with Crippen LogP contribution in [0.25, 0.3) is 16.9 Å². The first-order valence-corrected chi connectivity index (χ1v) is 6.46. The summed E-state index contributed by atoms with van der Waals surface area (Å²) in [6, 6.07) is 10.5. The predicted octanol–water partition coefficient (Wildman–Crippen LogP) is 3.91. The van der Waals surface area contributed by atoms with Crippen molar-refractivity contribution in [2.45, 2.75) is 0 Å². The summed E-state index contributed by atoms with van der Waals surface area (Å²) in [5.74, 6) is 0.352. The van der Waals surface area contributed by atoms with E-state index in [0.29, 0.717) is 21.6 Å². The number of hydrogen-bond acceptors (Lipinski definition) is 2. The zero-order chi connectivity index (χ0) is 13.4. The van der Waals surface area contributed by atoms with Gasteiger partial charge in [-0.3, -0.25) is 4.40 Å². The molecule has 2 aromatic heterocycles. The summed E-state index contributed by atoms with van der Waals surface area (Å²) in [6.07, 6.45) is 1.76. The molecule has 3 rings (SSSR count). The quantitative estimate of drug-likeness (QED) is 0.715. The lowest BCUT2D eigenvalue weighted by Crippen LogP contribution is -1.91. The second kappa shape index (κ2) is 4.66. The van der Waals surface area contributed by atoms with Crippen molar-refractivity contribution < 1.29 is 9.13 Å². The fourth-order valence-corrected chi connectivity index (χ4v) is 2.31. The lowest BCUT2D eigenvalue weighted by atomic mass is 10.1. The minimum absolute atomic E-state index is 0.309. The number of hydrogen-bond donors (Lipinski definition) is 0. The van der Waals surface area contributed by atoms with Crippen molar-refractivity contribution in [2.75, 3.05) is 7.11 Å². The SMILES string of the molecule is COc1cccc2nc(-c3ccc(Br)cc3F)cn12. The van der Waals surface area contributed by atoms with Crippen LogP contribution >= 0.6 is 15.9 Å². The van der Waals surface area contributed by atoms with E-state index in [9.17, 15) is 4.39 Å². The molecular formula is C14H10BrFN2O. The van der Waals surface area contributed by atoms with E-state index in [4.69, 9.17) is 4.74 Å². The molecule has 2 heterocycles. The molecule has 3 nitrogen and oxygen atoms in total. The monoisotopic (exact) mass is 320 g/mol. The zero-order valence-corrected chi connectivity index (χ0v) is 11.7. The predicted molar refractivity (Wildman–Crippen MR) is 74.8 cm³/mol. The highest BCUT2D eigenvalue weighted by atomic mass is 79.9. The second-order valence-electron chi connectivity index (χ2n) is 4.05. The summed E-state index contributed by atoms with van der Waals surface area (Å²) in [5.41, 5.74) is 1.76. The van der Waals surface area contributed by atoms with Crippen LogP contribution in [0.15, 0.2) is 47.1 Å². The lowest BCUT2D eigenvalue weighted by molar-refractivity contribution is 0.392. The van der Waals surface area contributed by atoms with Gasteiger partial charge in [0.25, 0.3) is 0 Å². The van der Waals surface area contributed by atoms with Crippen LogP contribution in [0.4, 0.5) is 4.39 Å². The normalized spacial score (nSPS) is 10.9. The van der Waals surface area contributed by atoms with Gasteiger partial charge < -0.3 is 4.74 Å².